The molecule has 19 heavy (non-hydrogen) atoms. The Hall–Kier alpha value is -2.55. The Balaban J connectivity index is 1.75. The van der Waals surface area contributed by atoms with E-state index in [0.717, 1.165) is 25.9 Å². The van der Waals surface area contributed by atoms with Gasteiger partial charge in [-0.25, -0.2) is 9.97 Å². The molecule has 0 aliphatic carbocycles. The number of rotatable bonds is 6. The molecule has 2 aromatic rings. The van der Waals surface area contributed by atoms with Gasteiger partial charge in [0.2, 0.25) is 0 Å². The van der Waals surface area contributed by atoms with Crippen LogP contribution in [0, 0.1) is 11.3 Å². The fraction of sp³-hybridized carbons (Fsp3) is 0.308. The van der Waals surface area contributed by atoms with Crippen molar-refractivity contribution in [3.8, 4) is 6.07 Å². The SMILES string of the molecule is N#Cc1cc(N)cnc1NCCCCn1ccnc1. The number of nitrogens with two attached hydrogens (primary N) is 1. The van der Waals surface area contributed by atoms with Crippen molar-refractivity contribution < 1.29 is 0 Å². The average molecular weight is 256 g/mol. The van der Waals surface area contributed by atoms with Crippen molar-refractivity contribution in [1.29, 1.82) is 5.26 Å². The summed E-state index contributed by atoms with van der Waals surface area (Å²) in [6.45, 7) is 1.72. The molecule has 0 unspecified atom stereocenters. The second-order valence-electron chi connectivity index (χ2n) is 4.21. The van der Waals surface area contributed by atoms with Gasteiger partial charge in [-0.15, -0.1) is 0 Å². The number of nitrogens with one attached hydrogen (secondary N) is 1. The topological polar surface area (TPSA) is 92.5 Å². The zero-order valence-corrected chi connectivity index (χ0v) is 10.6. The lowest BCUT2D eigenvalue weighted by Crippen LogP contribution is -2.07. The van der Waals surface area contributed by atoms with Crippen molar-refractivity contribution in [2.75, 3.05) is 17.6 Å². The molecule has 2 aromatic heterocycles. The molecule has 0 bridgehead atoms. The molecule has 0 fully saturated rings. The van der Waals surface area contributed by atoms with Gasteiger partial charge in [0.25, 0.3) is 0 Å². The van der Waals surface area contributed by atoms with Crippen molar-refractivity contribution in [3.63, 3.8) is 0 Å². The average Bonchev–Trinajstić information content (AvgIpc) is 2.93. The molecule has 0 aromatic carbocycles. The van der Waals surface area contributed by atoms with E-state index in [9.17, 15) is 0 Å². The highest BCUT2D eigenvalue weighted by atomic mass is 15.0. The first kappa shape index (κ1) is 12.9. The first-order chi connectivity index (χ1) is 9.29. The molecule has 0 saturated heterocycles. The van der Waals surface area contributed by atoms with Crippen LogP contribution in [0.1, 0.15) is 18.4 Å². The molecular weight excluding hydrogens is 240 g/mol. The first-order valence-electron chi connectivity index (χ1n) is 6.15. The Bertz CT molecular complexity index is 555. The number of hydrogen-bond acceptors (Lipinski definition) is 5. The summed E-state index contributed by atoms with van der Waals surface area (Å²) >= 11 is 0. The van der Waals surface area contributed by atoms with Gasteiger partial charge in [0.1, 0.15) is 11.9 Å². The fourth-order valence-electron chi connectivity index (χ4n) is 1.75. The second kappa shape index (κ2) is 6.40. The van der Waals surface area contributed by atoms with Gasteiger partial charge in [0.05, 0.1) is 23.8 Å². The van der Waals surface area contributed by atoms with Crippen molar-refractivity contribution in [2.24, 2.45) is 0 Å². The summed E-state index contributed by atoms with van der Waals surface area (Å²) in [5.41, 5.74) is 6.57. The second-order valence-corrected chi connectivity index (χ2v) is 4.21. The predicted octanol–water partition coefficient (Wildman–Crippen LogP) is 1.62. The lowest BCUT2D eigenvalue weighted by molar-refractivity contribution is 0.620. The van der Waals surface area contributed by atoms with Crippen LogP contribution in [0.15, 0.2) is 31.0 Å². The number of unbranched alkanes of at least 4 members (excludes halogenated alkanes) is 1. The Morgan fingerprint density at radius 1 is 1.42 bits per heavy atom. The summed E-state index contributed by atoms with van der Waals surface area (Å²) in [7, 11) is 0. The van der Waals surface area contributed by atoms with Crippen LogP contribution in [0.2, 0.25) is 0 Å². The number of aromatic nitrogens is 3. The van der Waals surface area contributed by atoms with Crippen molar-refractivity contribution in [1.82, 2.24) is 14.5 Å². The first-order valence-corrected chi connectivity index (χ1v) is 6.15. The van der Waals surface area contributed by atoms with E-state index in [1.54, 1.807) is 18.5 Å². The highest BCUT2D eigenvalue weighted by molar-refractivity contribution is 5.57. The van der Waals surface area contributed by atoms with E-state index in [1.165, 1.54) is 0 Å². The lowest BCUT2D eigenvalue weighted by Gasteiger charge is -2.07. The van der Waals surface area contributed by atoms with E-state index in [1.807, 2.05) is 17.1 Å². The Morgan fingerprint density at radius 3 is 3.05 bits per heavy atom. The molecule has 0 atom stereocenters. The summed E-state index contributed by atoms with van der Waals surface area (Å²) in [4.78, 5) is 8.11. The minimum absolute atomic E-state index is 0.481. The molecule has 6 nitrogen and oxygen atoms in total. The van der Waals surface area contributed by atoms with Gasteiger partial charge in [-0.1, -0.05) is 0 Å². The zero-order valence-electron chi connectivity index (χ0n) is 10.6. The molecule has 0 radical (unpaired) electrons. The number of nitriles is 1. The molecule has 0 aliphatic rings. The molecule has 98 valence electrons. The minimum Gasteiger partial charge on any atom is -0.397 e. The van der Waals surface area contributed by atoms with E-state index in [2.05, 4.69) is 21.4 Å². The van der Waals surface area contributed by atoms with Crippen molar-refractivity contribution in [3.05, 3.63) is 36.5 Å². The molecule has 2 heterocycles. The summed E-state index contributed by atoms with van der Waals surface area (Å²) in [6, 6.07) is 3.71. The molecule has 0 amide bonds. The predicted molar refractivity (Wildman–Crippen MR) is 73.3 cm³/mol. The van der Waals surface area contributed by atoms with E-state index in [-0.39, 0.29) is 0 Å². The van der Waals surface area contributed by atoms with E-state index in [0.29, 0.717) is 17.1 Å². The van der Waals surface area contributed by atoms with E-state index < -0.39 is 0 Å². The highest BCUT2D eigenvalue weighted by Crippen LogP contribution is 2.14. The third-order valence-electron chi connectivity index (χ3n) is 2.72. The summed E-state index contributed by atoms with van der Waals surface area (Å²) in [6.07, 6.45) is 9.12. The highest BCUT2D eigenvalue weighted by Gasteiger charge is 2.03. The number of anilines is 2. The van der Waals surface area contributed by atoms with Gasteiger partial charge in [-0.3, -0.25) is 0 Å². The standard InChI is InChI=1S/C13H16N6/c14-8-11-7-12(15)9-18-13(11)17-3-1-2-5-19-6-4-16-10-19/h4,6-7,9-10H,1-3,5,15H2,(H,17,18). The van der Waals surface area contributed by atoms with Gasteiger partial charge in [-0.05, 0) is 18.9 Å². The van der Waals surface area contributed by atoms with E-state index >= 15 is 0 Å². The molecule has 2 rings (SSSR count). The third-order valence-corrected chi connectivity index (χ3v) is 2.72. The number of nitrogens with zero attached hydrogens (tertiary/aromatic N) is 4. The van der Waals surface area contributed by atoms with Crippen LogP contribution in [0.25, 0.3) is 0 Å². The Morgan fingerprint density at radius 2 is 2.32 bits per heavy atom. The van der Waals surface area contributed by atoms with Gasteiger partial charge in [-0.2, -0.15) is 5.26 Å². The van der Waals surface area contributed by atoms with Crippen LogP contribution in [0.3, 0.4) is 0 Å². The van der Waals surface area contributed by atoms with Crippen LogP contribution in [-0.4, -0.2) is 21.1 Å². The van der Waals surface area contributed by atoms with Gasteiger partial charge in [0, 0.05) is 25.5 Å². The largest absolute Gasteiger partial charge is 0.397 e. The third kappa shape index (κ3) is 3.71. The monoisotopic (exact) mass is 256 g/mol. The normalized spacial score (nSPS) is 10.1. The zero-order chi connectivity index (χ0) is 13.5. The fourth-order valence-corrected chi connectivity index (χ4v) is 1.75. The van der Waals surface area contributed by atoms with Crippen LogP contribution >= 0.6 is 0 Å². The summed E-state index contributed by atoms with van der Waals surface area (Å²) < 4.78 is 2.04. The van der Waals surface area contributed by atoms with Crippen LogP contribution in [-0.2, 0) is 6.54 Å². The quantitative estimate of drug-likeness (QED) is 0.766. The van der Waals surface area contributed by atoms with Gasteiger partial charge >= 0.3 is 0 Å². The number of nitrogen functional groups attached to an aromatic ring is 1. The van der Waals surface area contributed by atoms with Crippen LogP contribution in [0.5, 0.6) is 0 Å². The molecule has 6 heteroatoms. The van der Waals surface area contributed by atoms with Gasteiger partial charge < -0.3 is 15.6 Å². The molecule has 3 N–H and O–H groups in total. The number of aryl methyl sites for hydroxylation is 1. The number of pyridine rings is 1. The molecule has 0 aliphatic heterocycles. The maximum Gasteiger partial charge on any atom is 0.144 e. The minimum atomic E-state index is 0.481. The van der Waals surface area contributed by atoms with Gasteiger partial charge in [0.15, 0.2) is 0 Å². The number of hydrogen-bond donors (Lipinski definition) is 2. The maximum absolute atomic E-state index is 8.97. The van der Waals surface area contributed by atoms with E-state index in [4.69, 9.17) is 11.0 Å². The molecular formula is C13H16N6. The molecule has 0 saturated carbocycles. The van der Waals surface area contributed by atoms with Crippen LogP contribution in [0.4, 0.5) is 11.5 Å². The van der Waals surface area contributed by atoms with Crippen molar-refractivity contribution in [2.45, 2.75) is 19.4 Å². The smallest absolute Gasteiger partial charge is 0.144 e. The van der Waals surface area contributed by atoms with Crippen molar-refractivity contribution >= 4 is 11.5 Å². The van der Waals surface area contributed by atoms with Crippen LogP contribution < -0.4 is 11.1 Å². The maximum atomic E-state index is 8.97. The molecule has 0 spiro atoms. The summed E-state index contributed by atoms with van der Waals surface area (Å²) in [5, 5.41) is 12.1. The lowest BCUT2D eigenvalue weighted by atomic mass is 10.2. The Kier molecular flexibility index (Phi) is 4.34. The number of imidazole rings is 1. The summed E-state index contributed by atoms with van der Waals surface area (Å²) in [5.74, 6) is 0.597. The Labute approximate surface area is 111 Å².